The molecule has 7 heteroatoms. The number of rotatable bonds is 7. The van der Waals surface area contributed by atoms with E-state index in [-0.39, 0.29) is 18.4 Å². The van der Waals surface area contributed by atoms with E-state index in [9.17, 15) is 9.59 Å². The Morgan fingerprint density at radius 1 is 1.21 bits per heavy atom. The first-order chi connectivity index (χ1) is 13.6. The summed E-state index contributed by atoms with van der Waals surface area (Å²) >= 11 is 0. The maximum Gasteiger partial charge on any atom is 0.242 e. The van der Waals surface area contributed by atoms with E-state index in [4.69, 9.17) is 0 Å². The van der Waals surface area contributed by atoms with Gasteiger partial charge in [0, 0.05) is 46.7 Å². The fourth-order valence-electron chi connectivity index (χ4n) is 3.49. The van der Waals surface area contributed by atoms with E-state index in [0.717, 1.165) is 37.5 Å². The predicted octanol–water partition coefficient (Wildman–Crippen LogP) is 1.46. The molecule has 1 aromatic rings. The number of carbonyl (C=O) groups is 2. The lowest BCUT2D eigenvalue weighted by Crippen LogP contribution is -2.49. The summed E-state index contributed by atoms with van der Waals surface area (Å²) in [6, 6.07) is 10.0. The van der Waals surface area contributed by atoms with Crippen molar-refractivity contribution in [3.05, 3.63) is 35.9 Å². The van der Waals surface area contributed by atoms with Crippen molar-refractivity contribution in [1.29, 1.82) is 0 Å². The number of benzene rings is 1. The van der Waals surface area contributed by atoms with Gasteiger partial charge >= 0.3 is 0 Å². The Labute approximate surface area is 168 Å². The number of amides is 2. The highest BCUT2D eigenvalue weighted by Crippen LogP contribution is 2.20. The van der Waals surface area contributed by atoms with Gasteiger partial charge in [-0.2, -0.15) is 0 Å². The Hall–Kier alpha value is -2.57. The predicted molar refractivity (Wildman–Crippen MR) is 112 cm³/mol. The summed E-state index contributed by atoms with van der Waals surface area (Å²) in [7, 11) is 3.42. The second-order valence-corrected chi connectivity index (χ2v) is 7.10. The van der Waals surface area contributed by atoms with Gasteiger partial charge < -0.3 is 20.4 Å². The van der Waals surface area contributed by atoms with Crippen LogP contribution in [0.2, 0.25) is 0 Å². The van der Waals surface area contributed by atoms with Crippen LogP contribution in [0.25, 0.3) is 0 Å². The summed E-state index contributed by atoms with van der Waals surface area (Å²) in [6.07, 6.45) is 2.49. The first kappa shape index (κ1) is 21.7. The molecule has 1 aliphatic heterocycles. The maximum atomic E-state index is 12.6. The minimum Gasteiger partial charge on any atom is -0.359 e. The van der Waals surface area contributed by atoms with Crippen molar-refractivity contribution in [3.8, 4) is 0 Å². The molecular formula is C21H33N5O2. The minimum absolute atomic E-state index is 0.0574. The van der Waals surface area contributed by atoms with E-state index in [0.29, 0.717) is 25.4 Å². The number of nitrogens with zero attached hydrogens (tertiary/aromatic N) is 3. The van der Waals surface area contributed by atoms with Crippen LogP contribution in [0, 0.1) is 5.92 Å². The monoisotopic (exact) mass is 387 g/mol. The zero-order valence-electron chi connectivity index (χ0n) is 17.3. The molecule has 2 amide bonds. The zero-order valence-corrected chi connectivity index (χ0v) is 17.3. The van der Waals surface area contributed by atoms with Gasteiger partial charge in [-0.15, -0.1) is 0 Å². The van der Waals surface area contributed by atoms with Crippen molar-refractivity contribution in [3.63, 3.8) is 0 Å². The molecule has 1 aliphatic rings. The molecule has 0 bridgehead atoms. The molecule has 2 rings (SSSR count). The van der Waals surface area contributed by atoms with Crippen molar-refractivity contribution in [1.82, 2.24) is 20.4 Å². The average Bonchev–Trinajstić information content (AvgIpc) is 2.74. The van der Waals surface area contributed by atoms with Gasteiger partial charge in [0.2, 0.25) is 11.8 Å². The van der Waals surface area contributed by atoms with Crippen LogP contribution >= 0.6 is 0 Å². The van der Waals surface area contributed by atoms with Crippen molar-refractivity contribution in [2.75, 3.05) is 40.3 Å². The summed E-state index contributed by atoms with van der Waals surface area (Å²) in [5, 5.41) is 5.90. The summed E-state index contributed by atoms with van der Waals surface area (Å²) in [4.78, 5) is 32.5. The fraction of sp³-hybridized carbons (Fsp3) is 0.571. The van der Waals surface area contributed by atoms with E-state index in [1.54, 1.807) is 14.1 Å². The SMILES string of the molecule is CCN(Cc1ccccc1)C(=O)CNC(=NC)N1CCC(CC(=O)NC)CC1. The van der Waals surface area contributed by atoms with Crippen molar-refractivity contribution in [2.45, 2.75) is 32.7 Å². The van der Waals surface area contributed by atoms with Gasteiger partial charge in [-0.3, -0.25) is 14.6 Å². The molecule has 1 heterocycles. The Kier molecular flexibility index (Phi) is 8.78. The first-order valence-electron chi connectivity index (χ1n) is 10.0. The molecule has 28 heavy (non-hydrogen) atoms. The van der Waals surface area contributed by atoms with Crippen LogP contribution in [-0.2, 0) is 16.1 Å². The van der Waals surface area contributed by atoms with Crippen LogP contribution in [0.1, 0.15) is 31.7 Å². The molecule has 1 fully saturated rings. The van der Waals surface area contributed by atoms with E-state index in [1.165, 1.54) is 0 Å². The lowest BCUT2D eigenvalue weighted by atomic mass is 9.93. The zero-order chi connectivity index (χ0) is 20.4. The minimum atomic E-state index is 0.0574. The van der Waals surface area contributed by atoms with Crippen molar-refractivity contribution < 1.29 is 9.59 Å². The number of nitrogens with one attached hydrogen (secondary N) is 2. The molecule has 0 saturated carbocycles. The third kappa shape index (κ3) is 6.55. The highest BCUT2D eigenvalue weighted by molar-refractivity contribution is 5.86. The summed E-state index contributed by atoms with van der Waals surface area (Å²) in [5.74, 6) is 1.33. The lowest BCUT2D eigenvalue weighted by Gasteiger charge is -2.34. The molecular weight excluding hydrogens is 354 g/mol. The highest BCUT2D eigenvalue weighted by atomic mass is 16.2. The molecule has 0 aliphatic carbocycles. The number of piperidine rings is 1. The summed E-state index contributed by atoms with van der Waals surface area (Å²) in [5.41, 5.74) is 1.13. The summed E-state index contributed by atoms with van der Waals surface area (Å²) < 4.78 is 0. The van der Waals surface area contributed by atoms with Gasteiger partial charge in [-0.25, -0.2) is 0 Å². The topological polar surface area (TPSA) is 77.0 Å². The highest BCUT2D eigenvalue weighted by Gasteiger charge is 2.23. The van der Waals surface area contributed by atoms with Gasteiger partial charge in [0.25, 0.3) is 0 Å². The Morgan fingerprint density at radius 3 is 2.46 bits per heavy atom. The van der Waals surface area contributed by atoms with E-state index in [2.05, 4.69) is 20.5 Å². The van der Waals surface area contributed by atoms with Crippen LogP contribution < -0.4 is 10.6 Å². The first-order valence-corrected chi connectivity index (χ1v) is 10.0. The third-order valence-electron chi connectivity index (χ3n) is 5.23. The molecule has 154 valence electrons. The molecule has 0 radical (unpaired) electrons. The molecule has 7 nitrogen and oxygen atoms in total. The molecule has 2 N–H and O–H groups in total. The molecule has 0 atom stereocenters. The molecule has 0 unspecified atom stereocenters. The van der Waals surface area contributed by atoms with Gasteiger partial charge in [-0.05, 0) is 31.2 Å². The average molecular weight is 388 g/mol. The van der Waals surface area contributed by atoms with Gasteiger partial charge in [0.1, 0.15) is 0 Å². The van der Waals surface area contributed by atoms with E-state index in [1.807, 2.05) is 42.2 Å². The van der Waals surface area contributed by atoms with Gasteiger partial charge in [0.05, 0.1) is 6.54 Å². The number of hydrogen-bond acceptors (Lipinski definition) is 3. The van der Waals surface area contributed by atoms with E-state index < -0.39 is 0 Å². The van der Waals surface area contributed by atoms with Gasteiger partial charge in [0.15, 0.2) is 5.96 Å². The van der Waals surface area contributed by atoms with Crippen molar-refractivity contribution in [2.24, 2.45) is 10.9 Å². The maximum absolute atomic E-state index is 12.6. The Morgan fingerprint density at radius 2 is 1.89 bits per heavy atom. The Balaban J connectivity index is 1.81. The van der Waals surface area contributed by atoms with Crippen LogP contribution in [0.15, 0.2) is 35.3 Å². The van der Waals surface area contributed by atoms with Gasteiger partial charge in [-0.1, -0.05) is 30.3 Å². The number of likely N-dealkylation sites (tertiary alicyclic amines) is 1. The Bertz CT molecular complexity index is 654. The third-order valence-corrected chi connectivity index (χ3v) is 5.23. The summed E-state index contributed by atoms with van der Waals surface area (Å²) in [6.45, 7) is 5.19. The molecule has 1 saturated heterocycles. The second-order valence-electron chi connectivity index (χ2n) is 7.10. The molecule has 1 aromatic carbocycles. The van der Waals surface area contributed by atoms with E-state index >= 15 is 0 Å². The van der Waals surface area contributed by atoms with Crippen LogP contribution in [0.3, 0.4) is 0 Å². The quantitative estimate of drug-likeness (QED) is 0.549. The largest absolute Gasteiger partial charge is 0.359 e. The number of guanidine groups is 1. The molecule has 0 spiro atoms. The van der Waals surface area contributed by atoms with Crippen LogP contribution in [-0.4, -0.2) is 67.8 Å². The van der Waals surface area contributed by atoms with Crippen LogP contribution in [0.5, 0.6) is 0 Å². The molecule has 0 aromatic heterocycles. The number of carbonyl (C=O) groups excluding carboxylic acids is 2. The number of aliphatic imine (C=N–C) groups is 1. The number of hydrogen-bond donors (Lipinski definition) is 2. The standard InChI is InChI=1S/C21H33N5O2/c1-4-25(16-18-8-6-5-7-9-18)20(28)15-24-21(23-3)26-12-10-17(11-13-26)14-19(27)22-2/h5-9,17H,4,10-16H2,1-3H3,(H,22,27)(H,23,24). The lowest BCUT2D eigenvalue weighted by molar-refractivity contribution is -0.130. The number of likely N-dealkylation sites (N-methyl/N-ethyl adjacent to an activating group) is 1. The smallest absolute Gasteiger partial charge is 0.242 e. The normalized spacial score (nSPS) is 15.2. The van der Waals surface area contributed by atoms with Crippen molar-refractivity contribution >= 4 is 17.8 Å². The fourth-order valence-corrected chi connectivity index (χ4v) is 3.49. The second kappa shape index (κ2) is 11.3. The van der Waals surface area contributed by atoms with Crippen LogP contribution in [0.4, 0.5) is 0 Å².